The van der Waals surface area contributed by atoms with Crippen LogP contribution in [-0.2, 0) is 6.54 Å². The van der Waals surface area contributed by atoms with Crippen LogP contribution in [0.5, 0.6) is 0 Å². The molecule has 0 unspecified atom stereocenters. The summed E-state index contributed by atoms with van der Waals surface area (Å²) in [6.45, 7) is 4.66. The number of nitro benzene ring substituents is 1. The van der Waals surface area contributed by atoms with Crippen LogP contribution in [0.15, 0.2) is 53.3 Å². The summed E-state index contributed by atoms with van der Waals surface area (Å²) in [5.41, 5.74) is 2.40. The van der Waals surface area contributed by atoms with Crippen molar-refractivity contribution in [1.29, 1.82) is 0 Å². The molecular formula is C22H23N3O4. The highest BCUT2D eigenvalue weighted by molar-refractivity contribution is 5.94. The number of aromatic nitrogens is 1. The predicted octanol–water partition coefficient (Wildman–Crippen LogP) is 4.19. The van der Waals surface area contributed by atoms with Crippen molar-refractivity contribution >= 4 is 22.5 Å². The van der Waals surface area contributed by atoms with E-state index in [0.29, 0.717) is 17.7 Å². The molecule has 1 heterocycles. The molecule has 3 rings (SSSR count). The van der Waals surface area contributed by atoms with E-state index >= 15 is 0 Å². The lowest BCUT2D eigenvalue weighted by atomic mass is 10.1. The molecule has 7 heteroatoms. The minimum Gasteiger partial charge on any atom is -0.334 e. The first-order valence-corrected chi connectivity index (χ1v) is 9.55. The van der Waals surface area contributed by atoms with E-state index in [-0.39, 0.29) is 23.7 Å². The summed E-state index contributed by atoms with van der Waals surface area (Å²) in [5.74, 6) is -0.253. The second-order valence-electron chi connectivity index (χ2n) is 7.10. The lowest BCUT2D eigenvalue weighted by Gasteiger charge is -2.22. The van der Waals surface area contributed by atoms with Crippen molar-refractivity contribution in [3.8, 4) is 0 Å². The van der Waals surface area contributed by atoms with Gasteiger partial charge in [0.15, 0.2) is 0 Å². The van der Waals surface area contributed by atoms with Crippen LogP contribution in [0.1, 0.15) is 41.3 Å². The van der Waals surface area contributed by atoms with Gasteiger partial charge in [-0.05, 0) is 48.6 Å². The summed E-state index contributed by atoms with van der Waals surface area (Å²) in [6.07, 6.45) is 1.70. The van der Waals surface area contributed by atoms with Crippen molar-refractivity contribution in [3.05, 3.63) is 85.7 Å². The lowest BCUT2D eigenvalue weighted by Crippen LogP contribution is -2.33. The average molecular weight is 393 g/mol. The summed E-state index contributed by atoms with van der Waals surface area (Å²) in [5, 5.41) is 11.7. The highest BCUT2D eigenvalue weighted by Gasteiger charge is 2.18. The van der Waals surface area contributed by atoms with Crippen LogP contribution in [0, 0.1) is 17.0 Å². The molecule has 0 spiro atoms. The van der Waals surface area contributed by atoms with Crippen LogP contribution < -0.4 is 5.56 Å². The zero-order valence-corrected chi connectivity index (χ0v) is 16.5. The second kappa shape index (κ2) is 8.68. The van der Waals surface area contributed by atoms with Gasteiger partial charge in [0.2, 0.25) is 0 Å². The van der Waals surface area contributed by atoms with Gasteiger partial charge in [-0.15, -0.1) is 0 Å². The number of fused-ring (bicyclic) bond motifs is 1. The fraction of sp³-hybridized carbons (Fsp3) is 0.273. The Balaban J connectivity index is 1.90. The summed E-state index contributed by atoms with van der Waals surface area (Å²) >= 11 is 0. The van der Waals surface area contributed by atoms with Gasteiger partial charge < -0.3 is 9.88 Å². The number of unbranched alkanes of at least 4 members (excludes halogenated alkanes) is 1. The first-order valence-electron chi connectivity index (χ1n) is 9.55. The molecule has 1 aromatic heterocycles. The molecule has 150 valence electrons. The molecule has 0 aliphatic rings. The van der Waals surface area contributed by atoms with E-state index in [1.807, 2.05) is 38.1 Å². The van der Waals surface area contributed by atoms with Gasteiger partial charge in [0, 0.05) is 35.3 Å². The molecule has 29 heavy (non-hydrogen) atoms. The molecule has 0 radical (unpaired) electrons. The molecule has 1 amide bonds. The number of nitrogens with zero attached hydrogens (tertiary/aromatic N) is 2. The maximum absolute atomic E-state index is 13.0. The van der Waals surface area contributed by atoms with Crippen molar-refractivity contribution in [2.75, 3.05) is 6.54 Å². The number of carbonyl (C=O) groups is 1. The van der Waals surface area contributed by atoms with Crippen molar-refractivity contribution in [2.24, 2.45) is 0 Å². The van der Waals surface area contributed by atoms with Crippen LogP contribution in [-0.4, -0.2) is 27.3 Å². The van der Waals surface area contributed by atoms with Gasteiger partial charge in [-0.1, -0.05) is 25.5 Å². The topological polar surface area (TPSA) is 96.3 Å². The minimum absolute atomic E-state index is 0.0667. The van der Waals surface area contributed by atoms with Gasteiger partial charge in [-0.3, -0.25) is 19.7 Å². The second-order valence-corrected chi connectivity index (χ2v) is 7.10. The van der Waals surface area contributed by atoms with Crippen LogP contribution in [0.4, 0.5) is 5.69 Å². The van der Waals surface area contributed by atoms with E-state index < -0.39 is 4.92 Å². The van der Waals surface area contributed by atoms with Gasteiger partial charge in [0.05, 0.1) is 11.5 Å². The Morgan fingerprint density at radius 1 is 1.14 bits per heavy atom. The number of aryl methyl sites for hydroxylation is 1. The Kier molecular flexibility index (Phi) is 6.07. The number of aromatic amines is 1. The molecule has 0 saturated heterocycles. The number of nitro groups is 1. The number of carbonyl (C=O) groups excluding carboxylic acids is 1. The number of nitrogens with one attached hydrogen (secondary N) is 1. The van der Waals surface area contributed by atoms with Gasteiger partial charge in [-0.25, -0.2) is 0 Å². The number of non-ortho nitro benzene ring substituents is 1. The molecule has 3 aromatic rings. The summed E-state index contributed by atoms with van der Waals surface area (Å²) in [7, 11) is 0. The zero-order valence-electron chi connectivity index (χ0n) is 16.5. The van der Waals surface area contributed by atoms with Crippen molar-refractivity contribution < 1.29 is 9.72 Å². The standard InChI is InChI=1S/C22H23N3O4/c1-3-4-11-24(22(27)16-7-9-19(10-8-16)25(28)29)14-18-13-17-6-5-15(2)12-20(17)23-21(18)26/h5-10,12-13H,3-4,11,14H2,1-2H3,(H,23,26). The van der Waals surface area contributed by atoms with Gasteiger partial charge >= 0.3 is 0 Å². The number of rotatable bonds is 7. The number of hydrogen-bond donors (Lipinski definition) is 1. The first kappa shape index (κ1) is 20.3. The normalized spacial score (nSPS) is 10.8. The predicted molar refractivity (Wildman–Crippen MR) is 112 cm³/mol. The maximum atomic E-state index is 13.0. The number of hydrogen-bond acceptors (Lipinski definition) is 4. The van der Waals surface area contributed by atoms with Crippen molar-refractivity contribution in [1.82, 2.24) is 9.88 Å². The Hall–Kier alpha value is -3.48. The zero-order chi connectivity index (χ0) is 21.0. The number of benzene rings is 2. The van der Waals surface area contributed by atoms with Gasteiger partial charge in [-0.2, -0.15) is 0 Å². The Morgan fingerprint density at radius 2 is 1.86 bits per heavy atom. The molecule has 1 N–H and O–H groups in total. The number of H-pyrrole nitrogens is 1. The van der Waals surface area contributed by atoms with Crippen molar-refractivity contribution in [3.63, 3.8) is 0 Å². The van der Waals surface area contributed by atoms with Gasteiger partial charge in [0.25, 0.3) is 17.2 Å². The lowest BCUT2D eigenvalue weighted by molar-refractivity contribution is -0.384. The third kappa shape index (κ3) is 4.68. The minimum atomic E-state index is -0.501. The molecular weight excluding hydrogens is 370 g/mol. The van der Waals surface area contributed by atoms with Crippen molar-refractivity contribution in [2.45, 2.75) is 33.2 Å². The molecule has 0 fully saturated rings. The summed E-state index contributed by atoms with van der Waals surface area (Å²) < 4.78 is 0. The SMILES string of the molecule is CCCCN(Cc1cc2ccc(C)cc2[nH]c1=O)C(=O)c1ccc([N+](=O)[O-])cc1. The summed E-state index contributed by atoms with van der Waals surface area (Å²) in [6, 6.07) is 13.2. The third-order valence-electron chi connectivity index (χ3n) is 4.83. The maximum Gasteiger partial charge on any atom is 0.269 e. The molecule has 0 saturated carbocycles. The van der Waals surface area contributed by atoms with E-state index in [0.717, 1.165) is 29.3 Å². The average Bonchev–Trinajstić information content (AvgIpc) is 2.71. The van der Waals surface area contributed by atoms with Crippen LogP contribution >= 0.6 is 0 Å². The van der Waals surface area contributed by atoms with E-state index in [1.165, 1.54) is 24.3 Å². The fourth-order valence-electron chi connectivity index (χ4n) is 3.19. The molecule has 0 aliphatic carbocycles. The highest BCUT2D eigenvalue weighted by Crippen LogP contribution is 2.17. The molecule has 0 aliphatic heterocycles. The third-order valence-corrected chi connectivity index (χ3v) is 4.83. The molecule has 0 atom stereocenters. The molecule has 0 bridgehead atoms. The highest BCUT2D eigenvalue weighted by atomic mass is 16.6. The van der Waals surface area contributed by atoms with E-state index in [2.05, 4.69) is 4.98 Å². The number of pyridine rings is 1. The molecule has 7 nitrogen and oxygen atoms in total. The smallest absolute Gasteiger partial charge is 0.269 e. The monoisotopic (exact) mass is 393 g/mol. The van der Waals surface area contributed by atoms with E-state index in [9.17, 15) is 19.7 Å². The van der Waals surface area contributed by atoms with Gasteiger partial charge in [0.1, 0.15) is 0 Å². The van der Waals surface area contributed by atoms with E-state index in [4.69, 9.17) is 0 Å². The van der Waals surface area contributed by atoms with E-state index in [1.54, 1.807) is 4.90 Å². The van der Waals surface area contributed by atoms with Crippen LogP contribution in [0.2, 0.25) is 0 Å². The molecule has 2 aromatic carbocycles. The Bertz CT molecular complexity index is 1100. The summed E-state index contributed by atoms with van der Waals surface area (Å²) in [4.78, 5) is 40.4. The fourth-order valence-corrected chi connectivity index (χ4v) is 3.19. The quantitative estimate of drug-likeness (QED) is 0.481. The first-order chi connectivity index (χ1) is 13.9. The Morgan fingerprint density at radius 3 is 2.52 bits per heavy atom. The largest absolute Gasteiger partial charge is 0.334 e. The number of amides is 1. The van der Waals surface area contributed by atoms with Crippen LogP contribution in [0.25, 0.3) is 10.9 Å². The Labute approximate surface area is 168 Å². The van der Waals surface area contributed by atoms with Crippen LogP contribution in [0.3, 0.4) is 0 Å².